The zero-order valence-corrected chi connectivity index (χ0v) is 17.7. The van der Waals surface area contributed by atoms with Gasteiger partial charge >= 0.3 is 6.09 Å². The number of pyridine rings is 1. The van der Waals surface area contributed by atoms with Crippen LogP contribution in [0, 0.1) is 0 Å². The summed E-state index contributed by atoms with van der Waals surface area (Å²) in [5, 5.41) is 13.3. The molecule has 156 valence electrons. The molecule has 0 atom stereocenters. The van der Waals surface area contributed by atoms with Gasteiger partial charge in [0.05, 0.1) is 34.9 Å². The number of amides is 2. The lowest BCUT2D eigenvalue weighted by Gasteiger charge is -2.25. The molecule has 0 radical (unpaired) electrons. The van der Waals surface area contributed by atoms with Gasteiger partial charge in [-0.3, -0.25) is 9.78 Å². The predicted octanol–water partition coefficient (Wildman–Crippen LogP) is 4.18. The van der Waals surface area contributed by atoms with Crippen LogP contribution in [0.15, 0.2) is 24.5 Å². The lowest BCUT2D eigenvalue weighted by Crippen LogP contribution is -2.35. The van der Waals surface area contributed by atoms with E-state index in [1.165, 1.54) is 17.3 Å². The fraction of sp³-hybridized carbons (Fsp3) is 0.250. The van der Waals surface area contributed by atoms with Crippen LogP contribution in [-0.2, 0) is 20.0 Å². The summed E-state index contributed by atoms with van der Waals surface area (Å²) in [5.41, 5.74) is 3.13. The van der Waals surface area contributed by atoms with Crippen LogP contribution in [0.2, 0.25) is 10.0 Å². The fourth-order valence-corrected chi connectivity index (χ4v) is 4.38. The molecule has 1 aliphatic heterocycles. The lowest BCUT2D eigenvalue weighted by molar-refractivity contribution is 0.102. The van der Waals surface area contributed by atoms with Crippen LogP contribution in [0.25, 0.3) is 10.9 Å². The molecular formula is C20H18Cl2N4O4. The van der Waals surface area contributed by atoms with Crippen LogP contribution in [0.4, 0.5) is 10.5 Å². The minimum atomic E-state index is -0.998. The van der Waals surface area contributed by atoms with E-state index in [-0.39, 0.29) is 22.3 Å². The van der Waals surface area contributed by atoms with E-state index >= 15 is 0 Å². The van der Waals surface area contributed by atoms with Gasteiger partial charge < -0.3 is 24.6 Å². The molecule has 0 bridgehead atoms. The summed E-state index contributed by atoms with van der Waals surface area (Å²) in [5.74, 6) is 0.179. The smallest absolute Gasteiger partial charge is 0.407 e. The number of halogens is 2. The van der Waals surface area contributed by atoms with E-state index in [0.717, 1.165) is 16.8 Å². The Bertz CT molecular complexity index is 1170. The van der Waals surface area contributed by atoms with Crippen molar-refractivity contribution in [3.63, 3.8) is 0 Å². The number of carboxylic acid groups (broad SMARTS) is 1. The summed E-state index contributed by atoms with van der Waals surface area (Å²) in [4.78, 5) is 30.0. The largest absolute Gasteiger partial charge is 0.495 e. The molecule has 0 fully saturated rings. The first-order chi connectivity index (χ1) is 14.3. The monoisotopic (exact) mass is 448 g/mol. The van der Waals surface area contributed by atoms with E-state index in [1.54, 1.807) is 19.2 Å². The van der Waals surface area contributed by atoms with Gasteiger partial charge in [0.15, 0.2) is 0 Å². The number of nitrogens with zero attached hydrogens (tertiary/aromatic N) is 3. The van der Waals surface area contributed by atoms with Crippen molar-refractivity contribution >= 4 is 51.8 Å². The first kappa shape index (κ1) is 20.3. The van der Waals surface area contributed by atoms with E-state index < -0.39 is 12.0 Å². The van der Waals surface area contributed by atoms with Gasteiger partial charge in [-0.1, -0.05) is 23.2 Å². The van der Waals surface area contributed by atoms with Gasteiger partial charge in [-0.25, -0.2) is 4.79 Å². The topological polar surface area (TPSA) is 96.7 Å². The van der Waals surface area contributed by atoms with Crippen molar-refractivity contribution in [1.29, 1.82) is 0 Å². The quantitative estimate of drug-likeness (QED) is 0.626. The van der Waals surface area contributed by atoms with E-state index in [4.69, 9.17) is 27.9 Å². The molecule has 2 amide bonds. The van der Waals surface area contributed by atoms with Crippen LogP contribution < -0.4 is 10.1 Å². The number of carbonyl (C=O) groups excluding carboxylic acids is 1. The number of aryl methyl sites for hydroxylation is 1. The van der Waals surface area contributed by atoms with Crippen molar-refractivity contribution in [2.24, 2.45) is 7.05 Å². The number of aromatic nitrogens is 2. The number of fused-ring (bicyclic) bond motifs is 3. The third-order valence-electron chi connectivity index (χ3n) is 5.33. The van der Waals surface area contributed by atoms with Crippen molar-refractivity contribution < 1.29 is 19.4 Å². The molecule has 1 aromatic carbocycles. The molecule has 0 spiro atoms. The highest BCUT2D eigenvalue weighted by molar-refractivity contribution is 6.39. The first-order valence-electron chi connectivity index (χ1n) is 9.08. The van der Waals surface area contributed by atoms with Gasteiger partial charge in [-0.05, 0) is 12.1 Å². The minimum Gasteiger partial charge on any atom is -0.495 e. The normalized spacial score (nSPS) is 13.3. The number of nitrogens with one attached hydrogen (secondary N) is 1. The molecule has 0 saturated carbocycles. The number of carbonyl (C=O) groups is 2. The Morgan fingerprint density at radius 3 is 2.57 bits per heavy atom. The van der Waals surface area contributed by atoms with Crippen LogP contribution >= 0.6 is 23.2 Å². The molecule has 4 rings (SSSR count). The Morgan fingerprint density at radius 1 is 1.23 bits per heavy atom. The Balaban J connectivity index is 1.89. The Labute approximate surface area is 182 Å². The maximum atomic E-state index is 13.2. The van der Waals surface area contributed by atoms with Gasteiger partial charge in [0.1, 0.15) is 5.75 Å². The predicted molar refractivity (Wildman–Crippen MR) is 114 cm³/mol. The van der Waals surface area contributed by atoms with Crippen molar-refractivity contribution in [2.45, 2.75) is 13.0 Å². The average molecular weight is 449 g/mol. The van der Waals surface area contributed by atoms with Gasteiger partial charge in [0, 0.05) is 54.6 Å². The van der Waals surface area contributed by atoms with E-state index in [0.29, 0.717) is 29.7 Å². The standard InChI is InChI=1S/C20H18Cl2N4O4/c1-25-14-5-6-26(20(28)29)9-11(14)16-10(3-4-15(30-2)18(16)25)19(27)24-17-12(21)7-23-8-13(17)22/h3-4,7-8H,5-6,9H2,1-2H3,(H,28,29)(H,23,24,27). The van der Waals surface area contributed by atoms with Gasteiger partial charge in [-0.2, -0.15) is 0 Å². The van der Waals surface area contributed by atoms with Crippen LogP contribution in [0.5, 0.6) is 5.75 Å². The fourth-order valence-electron chi connectivity index (χ4n) is 3.92. The Hall–Kier alpha value is -2.97. The summed E-state index contributed by atoms with van der Waals surface area (Å²) >= 11 is 12.3. The Morgan fingerprint density at radius 2 is 1.93 bits per heavy atom. The Kier molecular flexibility index (Phi) is 5.21. The third-order valence-corrected chi connectivity index (χ3v) is 5.90. The number of hydrogen-bond donors (Lipinski definition) is 2. The van der Waals surface area contributed by atoms with Crippen LogP contribution in [0.1, 0.15) is 21.6 Å². The van der Waals surface area contributed by atoms with Gasteiger partial charge in [0.25, 0.3) is 5.91 Å². The lowest BCUT2D eigenvalue weighted by atomic mass is 10.00. The molecule has 10 heteroatoms. The van der Waals surface area contributed by atoms with E-state index in [2.05, 4.69) is 10.3 Å². The molecule has 30 heavy (non-hydrogen) atoms. The van der Waals surface area contributed by atoms with E-state index in [1.807, 2.05) is 11.6 Å². The summed E-state index contributed by atoms with van der Waals surface area (Å²) < 4.78 is 7.48. The number of hydrogen-bond acceptors (Lipinski definition) is 4. The molecule has 8 nitrogen and oxygen atoms in total. The molecule has 3 heterocycles. The molecule has 0 unspecified atom stereocenters. The molecule has 1 aliphatic rings. The highest BCUT2D eigenvalue weighted by Gasteiger charge is 2.29. The highest BCUT2D eigenvalue weighted by atomic mass is 35.5. The number of anilines is 1. The van der Waals surface area contributed by atoms with Gasteiger partial charge in [-0.15, -0.1) is 0 Å². The number of ether oxygens (including phenoxy) is 1. The second-order valence-corrected chi connectivity index (χ2v) is 7.72. The van der Waals surface area contributed by atoms with E-state index in [9.17, 15) is 14.7 Å². The zero-order valence-electron chi connectivity index (χ0n) is 16.2. The number of benzene rings is 1. The molecule has 3 aromatic rings. The summed E-state index contributed by atoms with van der Waals surface area (Å²) in [6.45, 7) is 0.574. The second kappa shape index (κ2) is 7.70. The molecule has 2 aromatic heterocycles. The molecule has 0 aliphatic carbocycles. The first-order valence-corrected chi connectivity index (χ1v) is 9.84. The average Bonchev–Trinajstić information content (AvgIpc) is 3.02. The molecular weight excluding hydrogens is 431 g/mol. The summed E-state index contributed by atoms with van der Waals surface area (Å²) in [6, 6.07) is 3.37. The second-order valence-electron chi connectivity index (χ2n) is 6.91. The maximum Gasteiger partial charge on any atom is 0.407 e. The number of methoxy groups -OCH3 is 1. The summed E-state index contributed by atoms with van der Waals surface area (Å²) in [7, 11) is 3.44. The van der Waals surface area contributed by atoms with Gasteiger partial charge in [0.2, 0.25) is 0 Å². The van der Waals surface area contributed by atoms with Crippen LogP contribution in [-0.4, -0.2) is 45.2 Å². The van der Waals surface area contributed by atoms with Crippen molar-refractivity contribution in [2.75, 3.05) is 19.0 Å². The third kappa shape index (κ3) is 3.22. The maximum absolute atomic E-state index is 13.2. The molecule has 0 saturated heterocycles. The minimum absolute atomic E-state index is 0.187. The van der Waals surface area contributed by atoms with Crippen molar-refractivity contribution in [3.8, 4) is 5.75 Å². The molecule has 2 N–H and O–H groups in total. The zero-order chi connectivity index (χ0) is 21.6. The van der Waals surface area contributed by atoms with Crippen molar-refractivity contribution in [1.82, 2.24) is 14.5 Å². The summed E-state index contributed by atoms with van der Waals surface area (Å²) in [6.07, 6.45) is 2.32. The number of rotatable bonds is 3. The SMILES string of the molecule is COc1ccc(C(=O)Nc2c(Cl)cncc2Cl)c2c3c(n(C)c12)CCN(C(=O)O)C3. The van der Waals surface area contributed by atoms with Crippen LogP contribution in [0.3, 0.4) is 0 Å². The highest BCUT2D eigenvalue weighted by Crippen LogP contribution is 2.38. The van der Waals surface area contributed by atoms with Crippen molar-refractivity contribution in [3.05, 3.63) is 51.4 Å².